The quantitative estimate of drug-likeness (QED) is 0.183. The van der Waals surface area contributed by atoms with E-state index in [-0.39, 0.29) is 5.57 Å². The predicted molar refractivity (Wildman–Crippen MR) is 160 cm³/mol. The molecule has 7 nitrogen and oxygen atoms in total. The minimum atomic E-state index is -0.731. The van der Waals surface area contributed by atoms with Crippen LogP contribution in [0.5, 0.6) is 11.5 Å². The van der Waals surface area contributed by atoms with Crippen LogP contribution in [0.1, 0.15) is 70.5 Å². The van der Waals surface area contributed by atoms with E-state index >= 15 is 0 Å². The van der Waals surface area contributed by atoms with Crippen molar-refractivity contribution in [3.05, 3.63) is 77.1 Å². The molecule has 40 heavy (non-hydrogen) atoms. The molecular weight excluding hydrogens is 504 g/mol. The molecule has 0 aromatic heterocycles. The summed E-state index contributed by atoms with van der Waals surface area (Å²) in [4.78, 5) is 30.8. The first-order valence-electron chi connectivity index (χ1n) is 14.6. The Balaban J connectivity index is 1.96. The minimum absolute atomic E-state index is 0.0825. The molecule has 0 spiro atoms. The van der Waals surface area contributed by atoms with Gasteiger partial charge in [0.15, 0.2) is 23.0 Å². The maximum absolute atomic E-state index is 13.5. The van der Waals surface area contributed by atoms with Crippen molar-refractivity contribution in [2.75, 3.05) is 39.4 Å². The van der Waals surface area contributed by atoms with E-state index in [9.17, 15) is 14.7 Å². The number of aliphatic hydroxyl groups is 1. The van der Waals surface area contributed by atoms with Crippen molar-refractivity contribution < 1.29 is 24.2 Å². The van der Waals surface area contributed by atoms with Crippen LogP contribution in [0.25, 0.3) is 6.08 Å². The van der Waals surface area contributed by atoms with Crippen molar-refractivity contribution in [1.29, 1.82) is 0 Å². The molecular formula is C33H44N2O5. The summed E-state index contributed by atoms with van der Waals surface area (Å²) in [6, 6.07) is 14.3. The van der Waals surface area contributed by atoms with E-state index in [0.29, 0.717) is 36.8 Å². The van der Waals surface area contributed by atoms with Crippen molar-refractivity contribution in [2.45, 2.75) is 59.4 Å². The fraction of sp³-hybridized carbons (Fsp3) is 0.455. The van der Waals surface area contributed by atoms with Crippen molar-refractivity contribution in [3.8, 4) is 11.5 Å². The lowest BCUT2D eigenvalue weighted by Gasteiger charge is -2.28. The van der Waals surface area contributed by atoms with Crippen molar-refractivity contribution in [2.24, 2.45) is 0 Å². The highest BCUT2D eigenvalue weighted by Crippen LogP contribution is 2.41. The number of unbranched alkanes of at least 4 members (excludes halogenated alkanes) is 2. The van der Waals surface area contributed by atoms with Gasteiger partial charge in [0.2, 0.25) is 0 Å². The monoisotopic (exact) mass is 548 g/mol. The molecule has 0 radical (unpaired) electrons. The Kier molecular flexibility index (Phi) is 12.3. The Hall–Kier alpha value is -3.58. The first-order chi connectivity index (χ1) is 19.4. The average molecular weight is 549 g/mol. The Bertz CT molecular complexity index is 1170. The largest absolute Gasteiger partial charge is 0.503 e. The van der Waals surface area contributed by atoms with Crippen LogP contribution in [0.2, 0.25) is 0 Å². The number of carbonyl (C=O) groups excluding carboxylic acids is 2. The van der Waals surface area contributed by atoms with Crippen LogP contribution in [-0.4, -0.2) is 66.0 Å². The zero-order chi connectivity index (χ0) is 28.9. The standard InChI is InChI=1S/C33H44N2O5/c1-5-9-13-23-40-28-20-18-26(24-29(28)39-8-4)31-30(27(36)19-17-25-15-11-10-12-16-25)32(37)33(38)35(31)22-14-21-34(6-2)7-3/h10-12,15-20,24,31,37H,5-9,13-14,21-23H2,1-4H3/b19-17+. The van der Waals surface area contributed by atoms with Gasteiger partial charge in [0, 0.05) is 6.54 Å². The number of amides is 1. The number of hydrogen-bond acceptors (Lipinski definition) is 6. The highest BCUT2D eigenvalue weighted by atomic mass is 16.5. The summed E-state index contributed by atoms with van der Waals surface area (Å²) in [5, 5.41) is 11.0. The van der Waals surface area contributed by atoms with Crippen molar-refractivity contribution in [3.63, 3.8) is 0 Å². The molecule has 1 atom stereocenters. The molecule has 1 N–H and O–H groups in total. The second-order valence-corrected chi connectivity index (χ2v) is 9.85. The fourth-order valence-corrected chi connectivity index (χ4v) is 4.93. The zero-order valence-corrected chi connectivity index (χ0v) is 24.4. The topological polar surface area (TPSA) is 79.3 Å². The van der Waals surface area contributed by atoms with E-state index < -0.39 is 23.5 Å². The van der Waals surface area contributed by atoms with E-state index in [0.717, 1.165) is 50.9 Å². The first-order valence-corrected chi connectivity index (χ1v) is 14.6. The van der Waals surface area contributed by atoms with E-state index in [2.05, 4.69) is 25.7 Å². The van der Waals surface area contributed by atoms with E-state index in [1.54, 1.807) is 11.0 Å². The van der Waals surface area contributed by atoms with Crippen LogP contribution >= 0.6 is 0 Å². The van der Waals surface area contributed by atoms with Gasteiger partial charge in [-0.3, -0.25) is 9.59 Å². The summed E-state index contributed by atoms with van der Waals surface area (Å²) >= 11 is 0. The molecule has 1 aliphatic rings. The van der Waals surface area contributed by atoms with E-state index in [1.165, 1.54) is 6.08 Å². The molecule has 1 heterocycles. The third-order valence-electron chi connectivity index (χ3n) is 7.15. The smallest absolute Gasteiger partial charge is 0.290 e. The van der Waals surface area contributed by atoms with Gasteiger partial charge in [-0.15, -0.1) is 0 Å². The number of hydrogen-bond donors (Lipinski definition) is 1. The highest BCUT2D eigenvalue weighted by molar-refractivity contribution is 6.14. The maximum atomic E-state index is 13.5. The first kappa shape index (κ1) is 31.0. The predicted octanol–water partition coefficient (Wildman–Crippen LogP) is 6.36. The normalized spacial score (nSPS) is 15.5. The molecule has 2 aromatic rings. The fourth-order valence-electron chi connectivity index (χ4n) is 4.93. The highest BCUT2D eigenvalue weighted by Gasteiger charge is 2.43. The molecule has 1 amide bonds. The summed E-state index contributed by atoms with van der Waals surface area (Å²) in [5.74, 6) is -0.231. The van der Waals surface area contributed by atoms with Gasteiger partial charge in [-0.2, -0.15) is 0 Å². The third kappa shape index (κ3) is 7.98. The molecule has 3 rings (SSSR count). The number of nitrogens with zero attached hydrogens (tertiary/aromatic N) is 2. The average Bonchev–Trinajstić information content (AvgIpc) is 3.22. The van der Waals surface area contributed by atoms with Gasteiger partial charge >= 0.3 is 0 Å². The number of ether oxygens (including phenoxy) is 2. The van der Waals surface area contributed by atoms with Crippen molar-refractivity contribution in [1.82, 2.24) is 9.80 Å². The second-order valence-electron chi connectivity index (χ2n) is 9.85. The van der Waals surface area contributed by atoms with E-state index in [4.69, 9.17) is 9.47 Å². The molecule has 216 valence electrons. The zero-order valence-electron chi connectivity index (χ0n) is 24.4. The summed E-state index contributed by atoms with van der Waals surface area (Å²) in [5.41, 5.74) is 1.64. The third-order valence-corrected chi connectivity index (χ3v) is 7.15. The number of allylic oxidation sites excluding steroid dienone is 1. The van der Waals surface area contributed by atoms with Gasteiger partial charge in [-0.1, -0.05) is 76.1 Å². The molecule has 1 unspecified atom stereocenters. The minimum Gasteiger partial charge on any atom is -0.503 e. The Morgan fingerprint density at radius 3 is 2.40 bits per heavy atom. The molecule has 0 fully saturated rings. The van der Waals surface area contributed by atoms with Gasteiger partial charge in [0.1, 0.15) is 0 Å². The Labute approximate surface area is 239 Å². The number of benzene rings is 2. The summed E-state index contributed by atoms with van der Waals surface area (Å²) in [6.07, 6.45) is 6.98. The molecule has 0 saturated carbocycles. The number of aliphatic hydroxyl groups excluding tert-OH is 1. The Morgan fingerprint density at radius 2 is 1.73 bits per heavy atom. The lowest BCUT2D eigenvalue weighted by molar-refractivity contribution is -0.129. The lowest BCUT2D eigenvalue weighted by atomic mass is 9.95. The number of ketones is 1. The number of carbonyl (C=O) groups is 2. The summed E-state index contributed by atoms with van der Waals surface area (Å²) in [7, 11) is 0. The molecule has 2 aromatic carbocycles. The van der Waals surface area contributed by atoms with Crippen LogP contribution in [0.15, 0.2) is 65.9 Å². The van der Waals surface area contributed by atoms with E-state index in [1.807, 2.05) is 55.5 Å². The van der Waals surface area contributed by atoms with Gasteiger partial charge < -0.3 is 24.4 Å². The van der Waals surface area contributed by atoms with Crippen LogP contribution in [0, 0.1) is 0 Å². The summed E-state index contributed by atoms with van der Waals surface area (Å²) in [6.45, 7) is 12.4. The van der Waals surface area contributed by atoms with Gasteiger partial charge in [0.25, 0.3) is 5.91 Å². The van der Waals surface area contributed by atoms with Crippen LogP contribution < -0.4 is 9.47 Å². The maximum Gasteiger partial charge on any atom is 0.290 e. The van der Waals surface area contributed by atoms with Crippen molar-refractivity contribution >= 4 is 17.8 Å². The Morgan fingerprint density at radius 1 is 0.975 bits per heavy atom. The molecule has 0 saturated heterocycles. The van der Waals surface area contributed by atoms with Gasteiger partial charge in [-0.05, 0) is 68.7 Å². The van der Waals surface area contributed by atoms with Gasteiger partial charge in [0.05, 0.1) is 24.8 Å². The SMILES string of the molecule is CCCCCOc1ccc(C2C(C(=O)/C=C/c3ccccc3)=C(O)C(=O)N2CCCN(CC)CC)cc1OCC. The number of rotatable bonds is 17. The molecule has 0 aliphatic carbocycles. The van der Waals surface area contributed by atoms with Crippen LogP contribution in [0.3, 0.4) is 0 Å². The molecule has 7 heteroatoms. The van der Waals surface area contributed by atoms with Crippen LogP contribution in [0.4, 0.5) is 0 Å². The molecule has 1 aliphatic heterocycles. The second kappa shape index (κ2) is 15.9. The molecule has 0 bridgehead atoms. The van der Waals surface area contributed by atoms with Crippen LogP contribution in [-0.2, 0) is 9.59 Å². The lowest BCUT2D eigenvalue weighted by Crippen LogP contribution is -2.34. The summed E-state index contributed by atoms with van der Waals surface area (Å²) < 4.78 is 11.9. The van der Waals surface area contributed by atoms with Gasteiger partial charge in [-0.25, -0.2) is 0 Å².